The Labute approximate surface area is 163 Å². The van der Waals surface area contributed by atoms with Gasteiger partial charge in [0, 0.05) is 18.3 Å². The first-order chi connectivity index (χ1) is 12.6. The zero-order chi connectivity index (χ0) is 18.4. The number of carbonyl (C=O) groups excluding carboxylic acids is 1. The number of rotatable bonds is 6. The third-order valence-electron chi connectivity index (χ3n) is 4.37. The van der Waals surface area contributed by atoms with E-state index in [4.69, 9.17) is 27.9 Å². The molecule has 0 unspecified atom stereocenters. The summed E-state index contributed by atoms with van der Waals surface area (Å²) >= 11 is 11.9. The van der Waals surface area contributed by atoms with Crippen LogP contribution in [0.15, 0.2) is 36.5 Å². The number of hydrogen-bond acceptors (Lipinski definition) is 4. The summed E-state index contributed by atoms with van der Waals surface area (Å²) < 4.78 is 5.63. The fourth-order valence-electron chi connectivity index (χ4n) is 2.92. The number of amides is 1. The highest BCUT2D eigenvalue weighted by Gasteiger charge is 2.14. The molecule has 2 N–H and O–H groups in total. The molecule has 0 spiro atoms. The van der Waals surface area contributed by atoms with Crippen molar-refractivity contribution in [3.63, 3.8) is 0 Å². The predicted octanol–water partition coefficient (Wildman–Crippen LogP) is 4.90. The Bertz CT molecular complexity index is 747. The van der Waals surface area contributed by atoms with Crippen LogP contribution in [-0.2, 0) is 4.79 Å². The number of hydrogen-bond donors (Lipinski definition) is 2. The lowest BCUT2D eigenvalue weighted by Crippen LogP contribution is -2.28. The molecule has 1 aliphatic rings. The summed E-state index contributed by atoms with van der Waals surface area (Å²) in [4.78, 5) is 16.2. The molecule has 0 bridgehead atoms. The minimum absolute atomic E-state index is 0.0413. The highest BCUT2D eigenvalue weighted by molar-refractivity contribution is 6.35. The highest BCUT2D eigenvalue weighted by atomic mass is 35.5. The Morgan fingerprint density at radius 2 is 1.96 bits per heavy atom. The minimum atomic E-state index is 0.0413. The van der Waals surface area contributed by atoms with Gasteiger partial charge < -0.3 is 15.4 Å². The van der Waals surface area contributed by atoms with Gasteiger partial charge in [-0.2, -0.15) is 0 Å². The monoisotopic (exact) mass is 393 g/mol. The maximum Gasteiger partial charge on any atom is 0.238 e. The second-order valence-electron chi connectivity index (χ2n) is 6.35. The standard InChI is InChI=1S/C19H21Cl2N3O2/c20-14-11-17(21)19(23-12-14)26-16-4-2-15(3-5-16)24-18(25)6-1-13-7-9-22-10-8-13/h2-5,11-13,22H,1,6-10H2,(H,24,25). The van der Waals surface area contributed by atoms with Gasteiger partial charge in [-0.25, -0.2) is 4.98 Å². The van der Waals surface area contributed by atoms with Crippen LogP contribution in [-0.4, -0.2) is 24.0 Å². The summed E-state index contributed by atoms with van der Waals surface area (Å²) in [6, 6.07) is 8.68. The summed E-state index contributed by atoms with van der Waals surface area (Å²) in [5, 5.41) is 7.05. The van der Waals surface area contributed by atoms with E-state index >= 15 is 0 Å². The molecule has 1 saturated heterocycles. The third-order valence-corrected chi connectivity index (χ3v) is 4.84. The van der Waals surface area contributed by atoms with Gasteiger partial charge in [-0.05, 0) is 68.6 Å². The van der Waals surface area contributed by atoms with E-state index in [1.165, 1.54) is 6.20 Å². The predicted molar refractivity (Wildman–Crippen MR) is 104 cm³/mol. The molecule has 2 aromatic rings. The quantitative estimate of drug-likeness (QED) is 0.732. The number of anilines is 1. The molecule has 0 saturated carbocycles. The first kappa shape index (κ1) is 19.0. The van der Waals surface area contributed by atoms with Crippen molar-refractivity contribution < 1.29 is 9.53 Å². The van der Waals surface area contributed by atoms with E-state index in [1.54, 1.807) is 30.3 Å². The van der Waals surface area contributed by atoms with Crippen LogP contribution in [0.25, 0.3) is 0 Å². The number of piperidine rings is 1. The molecule has 1 aromatic heterocycles. The fraction of sp³-hybridized carbons (Fsp3) is 0.368. The number of carbonyl (C=O) groups is 1. The van der Waals surface area contributed by atoms with Crippen molar-refractivity contribution in [3.8, 4) is 11.6 Å². The number of nitrogens with zero attached hydrogens (tertiary/aromatic N) is 1. The lowest BCUT2D eigenvalue weighted by molar-refractivity contribution is -0.116. The van der Waals surface area contributed by atoms with Crippen LogP contribution in [0, 0.1) is 5.92 Å². The van der Waals surface area contributed by atoms with Crippen LogP contribution in [0.1, 0.15) is 25.7 Å². The van der Waals surface area contributed by atoms with Crippen molar-refractivity contribution >= 4 is 34.8 Å². The maximum absolute atomic E-state index is 12.1. The van der Waals surface area contributed by atoms with Gasteiger partial charge in [0.15, 0.2) is 0 Å². The smallest absolute Gasteiger partial charge is 0.238 e. The van der Waals surface area contributed by atoms with Crippen LogP contribution in [0.2, 0.25) is 10.0 Å². The molecule has 1 aliphatic heterocycles. The molecule has 0 aliphatic carbocycles. The van der Waals surface area contributed by atoms with E-state index < -0.39 is 0 Å². The molecular formula is C19H21Cl2N3O2. The second-order valence-corrected chi connectivity index (χ2v) is 7.19. The Morgan fingerprint density at radius 3 is 2.65 bits per heavy atom. The fourth-order valence-corrected chi connectivity index (χ4v) is 3.34. The topological polar surface area (TPSA) is 63.2 Å². The van der Waals surface area contributed by atoms with E-state index in [0.29, 0.717) is 28.1 Å². The second kappa shape index (κ2) is 9.21. The molecule has 1 aromatic carbocycles. The van der Waals surface area contributed by atoms with Crippen LogP contribution in [0.4, 0.5) is 5.69 Å². The summed E-state index contributed by atoms with van der Waals surface area (Å²) in [7, 11) is 0. The maximum atomic E-state index is 12.1. The normalized spacial score (nSPS) is 14.8. The van der Waals surface area contributed by atoms with Crippen molar-refractivity contribution in [2.45, 2.75) is 25.7 Å². The van der Waals surface area contributed by atoms with Crippen molar-refractivity contribution in [2.75, 3.05) is 18.4 Å². The van der Waals surface area contributed by atoms with Crippen molar-refractivity contribution in [1.29, 1.82) is 0 Å². The Morgan fingerprint density at radius 1 is 1.23 bits per heavy atom. The summed E-state index contributed by atoms with van der Waals surface area (Å²) in [5.41, 5.74) is 0.739. The van der Waals surface area contributed by atoms with E-state index in [9.17, 15) is 4.79 Å². The molecule has 2 heterocycles. The Kier molecular flexibility index (Phi) is 6.72. The first-order valence-electron chi connectivity index (χ1n) is 8.69. The number of halogens is 2. The van der Waals surface area contributed by atoms with Crippen LogP contribution in [0.3, 0.4) is 0 Å². The molecule has 26 heavy (non-hydrogen) atoms. The molecule has 1 fully saturated rings. The molecule has 5 nitrogen and oxygen atoms in total. The van der Waals surface area contributed by atoms with Gasteiger partial charge in [-0.3, -0.25) is 4.79 Å². The number of benzene rings is 1. The van der Waals surface area contributed by atoms with E-state index in [0.717, 1.165) is 38.0 Å². The highest BCUT2D eigenvalue weighted by Crippen LogP contribution is 2.29. The van der Waals surface area contributed by atoms with Gasteiger partial charge in [0.05, 0.1) is 5.02 Å². The average molecular weight is 394 g/mol. The van der Waals surface area contributed by atoms with E-state index in [-0.39, 0.29) is 11.8 Å². The molecule has 1 amide bonds. The molecule has 3 rings (SSSR count). The lowest BCUT2D eigenvalue weighted by atomic mass is 9.93. The third kappa shape index (κ3) is 5.59. The number of aromatic nitrogens is 1. The zero-order valence-electron chi connectivity index (χ0n) is 14.3. The molecule has 7 heteroatoms. The minimum Gasteiger partial charge on any atom is -0.438 e. The van der Waals surface area contributed by atoms with Crippen LogP contribution >= 0.6 is 23.2 Å². The van der Waals surface area contributed by atoms with Crippen LogP contribution < -0.4 is 15.4 Å². The molecule has 0 atom stereocenters. The first-order valence-corrected chi connectivity index (χ1v) is 9.45. The average Bonchev–Trinajstić information content (AvgIpc) is 2.65. The SMILES string of the molecule is O=C(CCC1CCNCC1)Nc1ccc(Oc2ncc(Cl)cc2Cl)cc1. The van der Waals surface area contributed by atoms with Gasteiger partial charge >= 0.3 is 0 Å². The van der Waals surface area contributed by atoms with Gasteiger partial charge in [0.2, 0.25) is 11.8 Å². The number of pyridine rings is 1. The van der Waals surface area contributed by atoms with Crippen molar-refractivity contribution in [2.24, 2.45) is 5.92 Å². The summed E-state index contributed by atoms with van der Waals surface area (Å²) in [6.07, 6.45) is 5.27. The van der Waals surface area contributed by atoms with Crippen molar-refractivity contribution in [3.05, 3.63) is 46.6 Å². The van der Waals surface area contributed by atoms with Gasteiger partial charge in [-0.15, -0.1) is 0 Å². The van der Waals surface area contributed by atoms with Crippen molar-refractivity contribution in [1.82, 2.24) is 10.3 Å². The Balaban J connectivity index is 1.49. The largest absolute Gasteiger partial charge is 0.438 e. The zero-order valence-corrected chi connectivity index (χ0v) is 15.8. The van der Waals surface area contributed by atoms with Gasteiger partial charge in [-0.1, -0.05) is 23.2 Å². The number of ether oxygens (including phenoxy) is 1. The molecule has 0 radical (unpaired) electrons. The van der Waals surface area contributed by atoms with E-state index in [2.05, 4.69) is 15.6 Å². The lowest BCUT2D eigenvalue weighted by Gasteiger charge is -2.22. The van der Waals surface area contributed by atoms with Crippen LogP contribution in [0.5, 0.6) is 11.6 Å². The summed E-state index contributed by atoms with van der Waals surface area (Å²) in [5.74, 6) is 1.55. The molecular weight excluding hydrogens is 373 g/mol. The van der Waals surface area contributed by atoms with E-state index in [1.807, 2.05) is 0 Å². The summed E-state index contributed by atoms with van der Waals surface area (Å²) in [6.45, 7) is 2.11. The van der Waals surface area contributed by atoms with Gasteiger partial charge in [0.25, 0.3) is 0 Å². The van der Waals surface area contributed by atoms with Gasteiger partial charge in [0.1, 0.15) is 10.8 Å². The number of nitrogens with one attached hydrogen (secondary N) is 2. The molecule has 138 valence electrons. The Hall–Kier alpha value is -1.82.